The predicted octanol–water partition coefficient (Wildman–Crippen LogP) is 0.390. The second-order valence-corrected chi connectivity index (χ2v) is 9.26. The highest BCUT2D eigenvalue weighted by Gasteiger charge is 2.29. The molecular weight excluding hydrogens is 374 g/mol. The lowest BCUT2D eigenvalue weighted by molar-refractivity contribution is 0.245. The quantitative estimate of drug-likeness (QED) is 0.772. The molecule has 10 heteroatoms. The van der Waals surface area contributed by atoms with Crippen molar-refractivity contribution in [3.05, 3.63) is 16.5 Å². The van der Waals surface area contributed by atoms with Crippen LogP contribution in [-0.4, -0.2) is 39.5 Å². The number of nitrogens with one attached hydrogen (secondary N) is 1. The molecule has 0 bridgehead atoms. The van der Waals surface area contributed by atoms with Gasteiger partial charge in [0.1, 0.15) is 27.1 Å². The SMILES string of the molecule is O=S1(=O)CCC(NS(=O)(=O)c2cc(CO)oc2Br)CC1. The topological polar surface area (TPSA) is 114 Å². The van der Waals surface area contributed by atoms with Gasteiger partial charge in [0.25, 0.3) is 0 Å². The Bertz CT molecular complexity index is 679. The van der Waals surface area contributed by atoms with E-state index in [0.717, 1.165) is 0 Å². The van der Waals surface area contributed by atoms with Gasteiger partial charge in [-0.05, 0) is 28.8 Å². The van der Waals surface area contributed by atoms with Gasteiger partial charge in [-0.1, -0.05) is 0 Å². The molecule has 1 saturated heterocycles. The molecule has 7 nitrogen and oxygen atoms in total. The summed E-state index contributed by atoms with van der Waals surface area (Å²) >= 11 is 2.98. The zero-order valence-corrected chi connectivity index (χ0v) is 13.6. The van der Waals surface area contributed by atoms with E-state index in [4.69, 9.17) is 9.52 Å². The maximum atomic E-state index is 12.2. The molecule has 2 heterocycles. The van der Waals surface area contributed by atoms with Crippen LogP contribution in [0.4, 0.5) is 0 Å². The normalized spacial score (nSPS) is 20.1. The van der Waals surface area contributed by atoms with Gasteiger partial charge in [0.05, 0.1) is 11.5 Å². The van der Waals surface area contributed by atoms with E-state index in [1.807, 2.05) is 0 Å². The smallest absolute Gasteiger partial charge is 0.245 e. The van der Waals surface area contributed by atoms with Gasteiger partial charge in [-0.15, -0.1) is 0 Å². The van der Waals surface area contributed by atoms with Crippen molar-refractivity contribution in [2.45, 2.75) is 30.4 Å². The van der Waals surface area contributed by atoms with Crippen LogP contribution in [0.5, 0.6) is 0 Å². The first-order valence-electron chi connectivity index (χ1n) is 5.85. The Balaban J connectivity index is 2.13. The number of sulfone groups is 1. The van der Waals surface area contributed by atoms with Gasteiger partial charge >= 0.3 is 0 Å². The van der Waals surface area contributed by atoms with Crippen LogP contribution in [0, 0.1) is 0 Å². The molecule has 2 N–H and O–H groups in total. The maximum absolute atomic E-state index is 12.2. The van der Waals surface area contributed by atoms with Crippen LogP contribution in [0.3, 0.4) is 0 Å². The lowest BCUT2D eigenvalue weighted by Crippen LogP contribution is -2.40. The molecule has 0 radical (unpaired) electrons. The number of hydrogen-bond acceptors (Lipinski definition) is 6. The van der Waals surface area contributed by atoms with Crippen LogP contribution in [-0.2, 0) is 26.5 Å². The predicted molar refractivity (Wildman–Crippen MR) is 74.3 cm³/mol. The van der Waals surface area contributed by atoms with E-state index in [9.17, 15) is 16.8 Å². The zero-order chi connectivity index (χ0) is 15.0. The molecule has 0 aromatic carbocycles. The van der Waals surface area contributed by atoms with E-state index in [0.29, 0.717) is 0 Å². The summed E-state index contributed by atoms with van der Waals surface area (Å²) in [6.07, 6.45) is 0.508. The van der Waals surface area contributed by atoms with Gasteiger partial charge < -0.3 is 9.52 Å². The Labute approximate surface area is 125 Å². The number of hydrogen-bond donors (Lipinski definition) is 2. The van der Waals surface area contributed by atoms with Crippen molar-refractivity contribution in [1.29, 1.82) is 0 Å². The summed E-state index contributed by atoms with van der Waals surface area (Å²) in [5.41, 5.74) is 0. The lowest BCUT2D eigenvalue weighted by Gasteiger charge is -2.22. The van der Waals surface area contributed by atoms with E-state index in [1.165, 1.54) is 6.07 Å². The van der Waals surface area contributed by atoms with Gasteiger partial charge in [-0.2, -0.15) is 0 Å². The van der Waals surface area contributed by atoms with Crippen molar-refractivity contribution in [1.82, 2.24) is 4.72 Å². The van der Waals surface area contributed by atoms with Crippen molar-refractivity contribution in [3.8, 4) is 0 Å². The van der Waals surface area contributed by atoms with Gasteiger partial charge in [0.2, 0.25) is 10.0 Å². The summed E-state index contributed by atoms with van der Waals surface area (Å²) in [4.78, 5) is -0.102. The molecule has 114 valence electrons. The van der Waals surface area contributed by atoms with Crippen molar-refractivity contribution in [3.63, 3.8) is 0 Å². The molecule has 1 aromatic heterocycles. The summed E-state index contributed by atoms with van der Waals surface area (Å²) in [7, 11) is -6.85. The summed E-state index contributed by atoms with van der Waals surface area (Å²) in [5.74, 6) is 0.0898. The molecule has 0 aliphatic carbocycles. The average Bonchev–Trinajstić information content (AvgIpc) is 2.74. The average molecular weight is 388 g/mol. The number of rotatable bonds is 4. The third-order valence-corrected chi connectivity index (χ3v) is 7.12. The van der Waals surface area contributed by atoms with Crippen molar-refractivity contribution in [2.24, 2.45) is 0 Å². The van der Waals surface area contributed by atoms with Crippen molar-refractivity contribution < 1.29 is 26.4 Å². The maximum Gasteiger partial charge on any atom is 0.245 e. The molecule has 0 amide bonds. The molecule has 1 fully saturated rings. The second kappa shape index (κ2) is 5.76. The Hall–Kier alpha value is -0.420. The minimum absolute atomic E-state index is 0.0116. The first-order valence-corrected chi connectivity index (χ1v) is 9.95. The van der Waals surface area contributed by atoms with Gasteiger partial charge in [-0.25, -0.2) is 21.6 Å². The van der Waals surface area contributed by atoms with Crippen LogP contribution in [0.25, 0.3) is 0 Å². The fourth-order valence-electron chi connectivity index (χ4n) is 1.95. The molecule has 0 saturated carbocycles. The molecule has 2 rings (SSSR count). The summed E-state index contributed by atoms with van der Waals surface area (Å²) in [6.45, 7) is -0.407. The number of furan rings is 1. The highest BCUT2D eigenvalue weighted by molar-refractivity contribution is 9.10. The Morgan fingerprint density at radius 1 is 1.40 bits per heavy atom. The first kappa shape index (κ1) is 16.0. The van der Waals surface area contributed by atoms with Crippen molar-refractivity contribution >= 4 is 35.8 Å². The highest BCUT2D eigenvalue weighted by atomic mass is 79.9. The third-order valence-electron chi connectivity index (χ3n) is 3.03. The Morgan fingerprint density at radius 3 is 2.50 bits per heavy atom. The standard InChI is InChI=1S/C10H14BrNO6S2/c11-10-9(5-8(6-13)18-10)20(16,17)12-7-1-3-19(14,15)4-2-7/h5,7,12-13H,1-4,6H2. The van der Waals surface area contributed by atoms with E-state index in [2.05, 4.69) is 20.7 Å². The van der Waals surface area contributed by atoms with E-state index in [-0.39, 0.29) is 39.7 Å². The molecular formula is C10H14BrNO6S2. The molecule has 0 atom stereocenters. The minimum Gasteiger partial charge on any atom is -0.450 e. The number of aliphatic hydroxyl groups excluding tert-OH is 1. The van der Waals surface area contributed by atoms with E-state index in [1.54, 1.807) is 0 Å². The van der Waals surface area contributed by atoms with Crippen LogP contribution >= 0.6 is 15.9 Å². The molecule has 1 aliphatic heterocycles. The number of sulfonamides is 1. The summed E-state index contributed by atoms with van der Waals surface area (Å²) in [5, 5.41) is 8.92. The Morgan fingerprint density at radius 2 is 2.00 bits per heavy atom. The van der Waals surface area contributed by atoms with Crippen LogP contribution < -0.4 is 4.72 Å². The highest BCUT2D eigenvalue weighted by Crippen LogP contribution is 2.27. The van der Waals surface area contributed by atoms with Crippen LogP contribution in [0.15, 0.2) is 20.0 Å². The Kier molecular flexibility index (Phi) is 4.59. The fraction of sp³-hybridized carbons (Fsp3) is 0.600. The number of aliphatic hydroxyl groups is 1. The number of halogens is 1. The molecule has 1 aromatic rings. The monoisotopic (exact) mass is 387 g/mol. The molecule has 0 unspecified atom stereocenters. The first-order chi connectivity index (χ1) is 9.23. The van der Waals surface area contributed by atoms with Crippen LogP contribution in [0.1, 0.15) is 18.6 Å². The van der Waals surface area contributed by atoms with Crippen LogP contribution in [0.2, 0.25) is 0 Å². The molecule has 1 aliphatic rings. The fourth-order valence-corrected chi connectivity index (χ4v) is 5.74. The van der Waals surface area contributed by atoms with Gasteiger partial charge in [0, 0.05) is 12.1 Å². The lowest BCUT2D eigenvalue weighted by atomic mass is 10.2. The summed E-state index contributed by atoms with van der Waals surface area (Å²) < 4.78 is 54.5. The zero-order valence-electron chi connectivity index (χ0n) is 10.4. The largest absolute Gasteiger partial charge is 0.450 e. The third kappa shape index (κ3) is 3.61. The second-order valence-electron chi connectivity index (χ2n) is 4.56. The minimum atomic E-state index is -3.81. The van der Waals surface area contributed by atoms with E-state index >= 15 is 0 Å². The van der Waals surface area contributed by atoms with Gasteiger partial charge in [-0.3, -0.25) is 0 Å². The summed E-state index contributed by atoms with van der Waals surface area (Å²) in [6, 6.07) is 0.814. The molecule has 0 spiro atoms. The molecule has 20 heavy (non-hydrogen) atoms. The van der Waals surface area contributed by atoms with E-state index < -0.39 is 32.5 Å². The van der Waals surface area contributed by atoms with Crippen molar-refractivity contribution in [2.75, 3.05) is 11.5 Å². The van der Waals surface area contributed by atoms with Gasteiger partial charge in [0.15, 0.2) is 4.67 Å².